The molecule has 1 N–H and O–H groups in total. The molecule has 0 aliphatic carbocycles. The van der Waals surface area contributed by atoms with Crippen molar-refractivity contribution in [3.63, 3.8) is 0 Å². The van der Waals surface area contributed by atoms with Crippen LogP contribution in [0.1, 0.15) is 35.3 Å². The molecular weight excluding hydrogens is 230 g/mol. The number of rotatable bonds is 3. The van der Waals surface area contributed by atoms with E-state index in [4.69, 9.17) is 11.6 Å². The van der Waals surface area contributed by atoms with Crippen molar-refractivity contribution in [1.82, 2.24) is 5.32 Å². The summed E-state index contributed by atoms with van der Waals surface area (Å²) >= 11 is 7.49. The molecule has 0 saturated carbocycles. The quantitative estimate of drug-likeness (QED) is 0.815. The van der Waals surface area contributed by atoms with E-state index >= 15 is 0 Å². The highest BCUT2D eigenvalue weighted by Crippen LogP contribution is 2.19. The fourth-order valence-corrected chi connectivity index (χ4v) is 1.83. The number of aryl methyl sites for hydroxylation is 1. The van der Waals surface area contributed by atoms with Crippen LogP contribution in [0.25, 0.3) is 0 Å². The van der Waals surface area contributed by atoms with Crippen molar-refractivity contribution >= 4 is 28.8 Å². The van der Waals surface area contributed by atoms with Gasteiger partial charge in [-0.1, -0.05) is 0 Å². The van der Waals surface area contributed by atoms with Crippen LogP contribution in [0.3, 0.4) is 0 Å². The maximum Gasteiger partial charge on any atom is 0.261 e. The molecule has 1 aromatic rings. The molecule has 0 aromatic carbocycles. The van der Waals surface area contributed by atoms with Crippen LogP contribution in [0.2, 0.25) is 0 Å². The average molecular weight is 246 g/mol. The zero-order valence-corrected chi connectivity index (χ0v) is 11.0. The average Bonchev–Trinajstić information content (AvgIpc) is 2.50. The summed E-state index contributed by atoms with van der Waals surface area (Å²) in [6.07, 6.45) is 0. The second kappa shape index (κ2) is 4.54. The van der Waals surface area contributed by atoms with Crippen LogP contribution in [0.4, 0.5) is 0 Å². The van der Waals surface area contributed by atoms with Crippen molar-refractivity contribution in [2.75, 3.05) is 0 Å². The summed E-state index contributed by atoms with van der Waals surface area (Å²) in [6.45, 7) is 7.70. The van der Waals surface area contributed by atoms with Gasteiger partial charge in [-0.25, -0.2) is 0 Å². The van der Waals surface area contributed by atoms with E-state index in [1.54, 1.807) is 0 Å². The topological polar surface area (TPSA) is 29.1 Å². The molecule has 1 atom stereocenters. The third-order valence-corrected chi connectivity index (χ3v) is 3.94. The summed E-state index contributed by atoms with van der Waals surface area (Å²) in [5, 5.41) is 2.82. The van der Waals surface area contributed by atoms with Gasteiger partial charge in [0.05, 0.1) is 15.8 Å². The molecule has 1 aromatic heterocycles. The monoisotopic (exact) mass is 245 g/mol. The summed E-state index contributed by atoms with van der Waals surface area (Å²) in [7, 11) is 0. The Labute approximate surface area is 99.6 Å². The zero-order chi connectivity index (χ0) is 11.6. The first-order valence-electron chi connectivity index (χ1n) is 4.86. The van der Waals surface area contributed by atoms with Gasteiger partial charge >= 0.3 is 0 Å². The Bertz CT molecular complexity index is 357. The van der Waals surface area contributed by atoms with Crippen LogP contribution < -0.4 is 5.32 Å². The molecule has 2 nitrogen and oxygen atoms in total. The molecule has 1 rings (SSSR count). The zero-order valence-electron chi connectivity index (χ0n) is 9.43. The van der Waals surface area contributed by atoms with Gasteiger partial charge in [0.15, 0.2) is 0 Å². The number of thiophene rings is 1. The van der Waals surface area contributed by atoms with E-state index < -0.39 is 5.54 Å². The van der Waals surface area contributed by atoms with Crippen molar-refractivity contribution in [3.8, 4) is 0 Å². The van der Waals surface area contributed by atoms with E-state index in [2.05, 4.69) is 5.32 Å². The first kappa shape index (κ1) is 12.5. The smallest absolute Gasteiger partial charge is 0.261 e. The SMILES string of the molecule is Cc1ccc(C(=O)NC(C)(C)C(C)Cl)s1. The minimum absolute atomic E-state index is 0.0504. The fourth-order valence-electron chi connectivity index (χ4n) is 1.01. The van der Waals surface area contributed by atoms with Gasteiger partial charge in [0.25, 0.3) is 5.91 Å². The van der Waals surface area contributed by atoms with Crippen LogP contribution in [0.15, 0.2) is 12.1 Å². The van der Waals surface area contributed by atoms with Gasteiger partial charge in [0, 0.05) is 4.88 Å². The molecule has 4 heteroatoms. The molecule has 0 bridgehead atoms. The Morgan fingerprint density at radius 1 is 1.53 bits per heavy atom. The lowest BCUT2D eigenvalue weighted by Crippen LogP contribution is -2.48. The van der Waals surface area contributed by atoms with E-state index in [1.165, 1.54) is 11.3 Å². The van der Waals surface area contributed by atoms with Crippen molar-refractivity contribution < 1.29 is 4.79 Å². The van der Waals surface area contributed by atoms with Crippen LogP contribution in [0, 0.1) is 6.92 Å². The summed E-state index contributed by atoms with van der Waals surface area (Å²) in [6, 6.07) is 3.78. The maximum absolute atomic E-state index is 11.8. The highest BCUT2D eigenvalue weighted by Gasteiger charge is 2.26. The van der Waals surface area contributed by atoms with E-state index in [0.717, 1.165) is 9.75 Å². The Hall–Kier alpha value is -0.540. The second-order valence-electron chi connectivity index (χ2n) is 4.20. The van der Waals surface area contributed by atoms with Crippen molar-refractivity contribution in [2.45, 2.75) is 38.6 Å². The normalized spacial score (nSPS) is 13.7. The number of amides is 1. The molecule has 1 unspecified atom stereocenters. The molecule has 0 radical (unpaired) electrons. The number of carbonyl (C=O) groups excluding carboxylic acids is 1. The molecule has 0 saturated heterocycles. The largest absolute Gasteiger partial charge is 0.345 e. The first-order valence-corrected chi connectivity index (χ1v) is 6.11. The molecule has 15 heavy (non-hydrogen) atoms. The Balaban J connectivity index is 2.72. The molecule has 1 heterocycles. The Morgan fingerprint density at radius 3 is 2.53 bits per heavy atom. The first-order chi connectivity index (χ1) is 6.83. The minimum Gasteiger partial charge on any atom is -0.345 e. The number of halogens is 1. The Morgan fingerprint density at radius 2 is 2.13 bits per heavy atom. The highest BCUT2D eigenvalue weighted by molar-refractivity contribution is 7.13. The summed E-state index contributed by atoms with van der Waals surface area (Å²) < 4.78 is 0. The van der Waals surface area contributed by atoms with Crippen molar-refractivity contribution in [2.24, 2.45) is 0 Å². The number of carbonyl (C=O) groups is 1. The standard InChI is InChI=1S/C11H16ClNOS/c1-7-5-6-9(15-7)10(14)13-11(3,4)8(2)12/h5-6,8H,1-4H3,(H,13,14). The minimum atomic E-state index is -0.392. The van der Waals surface area contributed by atoms with Gasteiger partial charge in [-0.3, -0.25) is 4.79 Å². The van der Waals surface area contributed by atoms with Crippen LogP contribution in [0.5, 0.6) is 0 Å². The van der Waals surface area contributed by atoms with E-state index in [0.29, 0.717) is 0 Å². The van der Waals surface area contributed by atoms with Crippen LogP contribution >= 0.6 is 22.9 Å². The highest BCUT2D eigenvalue weighted by atomic mass is 35.5. The molecular formula is C11H16ClNOS. The molecule has 0 aliphatic rings. The number of hydrogen-bond donors (Lipinski definition) is 1. The van der Waals surface area contributed by atoms with Gasteiger partial charge in [0.1, 0.15) is 0 Å². The summed E-state index contributed by atoms with van der Waals surface area (Å²) in [5.41, 5.74) is -0.392. The lowest BCUT2D eigenvalue weighted by Gasteiger charge is -2.28. The van der Waals surface area contributed by atoms with Crippen molar-refractivity contribution in [3.05, 3.63) is 21.9 Å². The third kappa shape index (κ3) is 3.21. The van der Waals surface area contributed by atoms with Gasteiger partial charge < -0.3 is 5.32 Å². The number of alkyl halides is 1. The van der Waals surface area contributed by atoms with Crippen LogP contribution in [-0.2, 0) is 0 Å². The van der Waals surface area contributed by atoms with Crippen LogP contribution in [-0.4, -0.2) is 16.8 Å². The van der Waals surface area contributed by atoms with Gasteiger partial charge in [-0.15, -0.1) is 22.9 Å². The molecule has 84 valence electrons. The van der Waals surface area contributed by atoms with Crippen molar-refractivity contribution in [1.29, 1.82) is 0 Å². The summed E-state index contributed by atoms with van der Waals surface area (Å²) in [4.78, 5) is 13.7. The molecule has 0 fully saturated rings. The second-order valence-corrected chi connectivity index (χ2v) is 6.14. The van der Waals surface area contributed by atoms with Gasteiger partial charge in [0.2, 0.25) is 0 Å². The molecule has 0 aliphatic heterocycles. The van der Waals surface area contributed by atoms with Gasteiger partial charge in [-0.05, 0) is 39.8 Å². The number of nitrogens with one attached hydrogen (secondary N) is 1. The van der Waals surface area contributed by atoms with E-state index in [1.807, 2.05) is 39.8 Å². The molecule has 1 amide bonds. The lowest BCUT2D eigenvalue weighted by molar-refractivity contribution is 0.0916. The third-order valence-electron chi connectivity index (χ3n) is 2.39. The van der Waals surface area contributed by atoms with E-state index in [9.17, 15) is 4.79 Å². The maximum atomic E-state index is 11.8. The van der Waals surface area contributed by atoms with E-state index in [-0.39, 0.29) is 11.3 Å². The van der Waals surface area contributed by atoms with Gasteiger partial charge in [-0.2, -0.15) is 0 Å². The Kier molecular flexibility index (Phi) is 3.79. The molecule has 0 spiro atoms. The summed E-state index contributed by atoms with van der Waals surface area (Å²) in [5.74, 6) is -0.0504. The fraction of sp³-hybridized carbons (Fsp3) is 0.545. The number of hydrogen-bond acceptors (Lipinski definition) is 2. The predicted octanol–water partition coefficient (Wildman–Crippen LogP) is 3.19. The lowest BCUT2D eigenvalue weighted by atomic mass is 10.0. The predicted molar refractivity (Wildman–Crippen MR) is 65.9 cm³/mol.